The molecule has 0 unspecified atom stereocenters. The van der Waals surface area contributed by atoms with Crippen LogP contribution in [0.25, 0.3) is 11.0 Å². The number of amides is 1. The van der Waals surface area contributed by atoms with E-state index in [2.05, 4.69) is 24.6 Å². The normalized spacial score (nSPS) is 21.6. The Balaban J connectivity index is 1.65. The predicted molar refractivity (Wildman–Crippen MR) is 131 cm³/mol. The van der Waals surface area contributed by atoms with Crippen LogP contribution in [-0.2, 0) is 11.5 Å². The van der Waals surface area contributed by atoms with Crippen LogP contribution in [0.5, 0.6) is 0 Å². The van der Waals surface area contributed by atoms with E-state index >= 15 is 0 Å². The van der Waals surface area contributed by atoms with Gasteiger partial charge in [-0.2, -0.15) is 13.2 Å². The summed E-state index contributed by atoms with van der Waals surface area (Å²) >= 11 is 0. The van der Waals surface area contributed by atoms with Crippen LogP contribution in [0, 0.1) is 5.92 Å². The molecule has 3 heterocycles. The number of pyridine rings is 1. The van der Waals surface area contributed by atoms with Crippen LogP contribution in [0.3, 0.4) is 0 Å². The molecule has 1 N–H and O–H groups in total. The maximum absolute atomic E-state index is 13.3. The third-order valence-corrected chi connectivity index (χ3v) is 8.70. The molecule has 1 fully saturated rings. The lowest BCUT2D eigenvalue weighted by Crippen LogP contribution is -2.54. The number of aliphatic hydroxyl groups excluding tert-OH is 1. The highest BCUT2D eigenvalue weighted by molar-refractivity contribution is 6.76. The first kappa shape index (κ1) is 26.0. The summed E-state index contributed by atoms with van der Waals surface area (Å²) < 4.78 is 47.6. The number of hydrogen-bond acceptors (Lipinski definition) is 5. The fourth-order valence-corrected chi connectivity index (χ4v) is 5.76. The number of aromatic nitrogens is 2. The number of alkyl halides is 3. The van der Waals surface area contributed by atoms with E-state index in [1.165, 1.54) is 6.20 Å². The first-order chi connectivity index (χ1) is 16.5. The van der Waals surface area contributed by atoms with Crippen molar-refractivity contribution < 1.29 is 27.8 Å². The average molecular weight is 513 g/mol. The van der Waals surface area contributed by atoms with Crippen LogP contribution in [0.2, 0.25) is 25.7 Å². The summed E-state index contributed by atoms with van der Waals surface area (Å²) in [7, 11) is -1.21. The largest absolute Gasteiger partial charge is 0.406 e. The molecule has 1 aliphatic carbocycles. The third kappa shape index (κ3) is 6.00. The summed E-state index contributed by atoms with van der Waals surface area (Å²) in [4.78, 5) is 20.4. The average Bonchev–Trinajstić information content (AvgIpc) is 3.20. The van der Waals surface area contributed by atoms with Gasteiger partial charge in [0.05, 0.1) is 17.9 Å². The van der Waals surface area contributed by atoms with E-state index in [0.29, 0.717) is 24.7 Å². The number of aliphatic hydroxyl groups is 1. The first-order valence-electron chi connectivity index (χ1n) is 12.3. The number of nitrogens with zero attached hydrogens (tertiary/aromatic N) is 4. The lowest BCUT2D eigenvalue weighted by Gasteiger charge is -2.44. The van der Waals surface area contributed by atoms with Crippen molar-refractivity contribution in [2.45, 2.75) is 70.3 Å². The molecule has 0 atom stereocenters. The van der Waals surface area contributed by atoms with E-state index in [1.54, 1.807) is 0 Å². The monoisotopic (exact) mass is 512 g/mol. The zero-order valence-corrected chi connectivity index (χ0v) is 21.6. The SMILES string of the molecule is C[Si](C)(C)CCOCn1ccc2c3c(cnc21)C(=O)N(CC(F)(F)F)CN3C1CCC(CO)CC1. The minimum absolute atomic E-state index is 0.0117. The van der Waals surface area contributed by atoms with Crippen molar-refractivity contribution in [3.8, 4) is 0 Å². The van der Waals surface area contributed by atoms with Gasteiger partial charge >= 0.3 is 6.18 Å². The molecule has 0 radical (unpaired) electrons. The lowest BCUT2D eigenvalue weighted by atomic mass is 9.85. The number of fused-ring (bicyclic) bond motifs is 3. The molecule has 1 amide bonds. The fraction of sp³-hybridized carbons (Fsp3) is 0.667. The van der Waals surface area contributed by atoms with Gasteiger partial charge in [-0.15, -0.1) is 0 Å². The fourth-order valence-electron chi connectivity index (χ4n) is 5.00. The minimum Gasteiger partial charge on any atom is -0.396 e. The van der Waals surface area contributed by atoms with Gasteiger partial charge in [-0.25, -0.2) is 4.98 Å². The van der Waals surface area contributed by atoms with E-state index < -0.39 is 26.7 Å². The van der Waals surface area contributed by atoms with Crippen molar-refractivity contribution in [3.63, 3.8) is 0 Å². The molecular formula is C24H35F3N4O3Si. The maximum atomic E-state index is 13.3. The molecule has 2 aromatic heterocycles. The van der Waals surface area contributed by atoms with Crippen LogP contribution in [0.4, 0.5) is 18.9 Å². The summed E-state index contributed by atoms with van der Waals surface area (Å²) in [6, 6.07) is 2.91. The molecule has 2 aromatic rings. The Kier molecular flexibility index (Phi) is 7.49. The lowest BCUT2D eigenvalue weighted by molar-refractivity contribution is -0.141. The Morgan fingerprint density at radius 3 is 2.54 bits per heavy atom. The predicted octanol–water partition coefficient (Wildman–Crippen LogP) is 4.68. The van der Waals surface area contributed by atoms with Crippen LogP contribution >= 0.6 is 0 Å². The molecule has 2 aliphatic rings. The Labute approximate surface area is 204 Å². The van der Waals surface area contributed by atoms with Gasteiger partial charge in [0.1, 0.15) is 18.9 Å². The highest BCUT2D eigenvalue weighted by atomic mass is 28.3. The van der Waals surface area contributed by atoms with Gasteiger partial charge < -0.3 is 24.2 Å². The number of ether oxygens (including phenoxy) is 1. The van der Waals surface area contributed by atoms with Crippen LogP contribution in [0.15, 0.2) is 18.5 Å². The number of halogens is 3. The number of carbonyl (C=O) groups excluding carboxylic acids is 1. The zero-order valence-electron chi connectivity index (χ0n) is 20.6. The van der Waals surface area contributed by atoms with Gasteiger partial charge in [0.15, 0.2) is 0 Å². The van der Waals surface area contributed by atoms with E-state index in [4.69, 9.17) is 4.74 Å². The second kappa shape index (κ2) is 10.1. The van der Waals surface area contributed by atoms with Crippen molar-refractivity contribution in [2.24, 2.45) is 5.92 Å². The van der Waals surface area contributed by atoms with E-state index in [0.717, 1.165) is 42.0 Å². The number of carbonyl (C=O) groups is 1. The van der Waals surface area contributed by atoms with Gasteiger partial charge in [-0.3, -0.25) is 4.79 Å². The van der Waals surface area contributed by atoms with E-state index in [-0.39, 0.29) is 30.8 Å². The number of rotatable bonds is 8. The molecule has 35 heavy (non-hydrogen) atoms. The van der Waals surface area contributed by atoms with Gasteiger partial charge in [-0.05, 0) is 43.7 Å². The Bertz CT molecular complexity index is 1050. The van der Waals surface area contributed by atoms with Crippen molar-refractivity contribution in [3.05, 3.63) is 24.0 Å². The maximum Gasteiger partial charge on any atom is 0.406 e. The molecule has 0 saturated heterocycles. The van der Waals surface area contributed by atoms with Crippen molar-refractivity contribution in [1.82, 2.24) is 14.5 Å². The van der Waals surface area contributed by atoms with Crippen LogP contribution < -0.4 is 4.90 Å². The summed E-state index contributed by atoms with van der Waals surface area (Å²) in [6.45, 7) is 6.57. The van der Waals surface area contributed by atoms with Crippen molar-refractivity contribution in [2.75, 3.05) is 31.3 Å². The third-order valence-electron chi connectivity index (χ3n) is 7.00. The second-order valence-corrected chi connectivity index (χ2v) is 16.6. The molecule has 0 spiro atoms. The summed E-state index contributed by atoms with van der Waals surface area (Å²) in [5.74, 6) is -0.429. The van der Waals surface area contributed by atoms with Crippen LogP contribution in [-0.4, -0.2) is 72.2 Å². The van der Waals surface area contributed by atoms with Gasteiger partial charge in [0.2, 0.25) is 0 Å². The van der Waals surface area contributed by atoms with Gasteiger partial charge in [0, 0.05) is 45.1 Å². The van der Waals surface area contributed by atoms with Crippen molar-refractivity contribution in [1.29, 1.82) is 0 Å². The molecule has 7 nitrogen and oxygen atoms in total. The summed E-state index contributed by atoms with van der Waals surface area (Å²) in [5.41, 5.74) is 1.52. The summed E-state index contributed by atoms with van der Waals surface area (Å²) in [5, 5.41) is 10.3. The zero-order chi connectivity index (χ0) is 25.4. The Morgan fingerprint density at radius 2 is 1.91 bits per heavy atom. The molecule has 0 bridgehead atoms. The molecule has 1 saturated carbocycles. The van der Waals surface area contributed by atoms with E-state index in [9.17, 15) is 23.1 Å². The quantitative estimate of drug-likeness (QED) is 0.411. The standard InChI is InChI=1S/C24H35F3N4O3Si/c1-35(2,3)11-10-34-16-29-9-8-19-21-20(12-28-22(19)29)23(33)30(14-24(25,26)27)15-31(21)18-6-4-17(13-32)5-7-18/h8-9,12,17-18,32H,4-7,10-11,13-16H2,1-3H3. The topological polar surface area (TPSA) is 70.8 Å². The number of hydrogen-bond donors (Lipinski definition) is 1. The second-order valence-electron chi connectivity index (χ2n) is 11.0. The first-order valence-corrected chi connectivity index (χ1v) is 16.0. The highest BCUT2D eigenvalue weighted by Gasteiger charge is 2.41. The molecule has 4 rings (SSSR count). The molecule has 0 aromatic carbocycles. The van der Waals surface area contributed by atoms with Crippen molar-refractivity contribution >= 4 is 30.7 Å². The summed E-state index contributed by atoms with van der Waals surface area (Å²) in [6.07, 6.45) is 1.90. The molecular weight excluding hydrogens is 477 g/mol. The Hall–Kier alpha value is -2.11. The van der Waals surface area contributed by atoms with Gasteiger partial charge in [-0.1, -0.05) is 19.6 Å². The number of anilines is 1. The van der Waals surface area contributed by atoms with Crippen LogP contribution in [0.1, 0.15) is 36.0 Å². The van der Waals surface area contributed by atoms with E-state index in [1.807, 2.05) is 21.7 Å². The molecule has 11 heteroatoms. The highest BCUT2D eigenvalue weighted by Crippen LogP contribution is 2.40. The van der Waals surface area contributed by atoms with Gasteiger partial charge in [0.25, 0.3) is 5.91 Å². The molecule has 194 valence electrons. The molecule has 1 aliphatic heterocycles. The Morgan fingerprint density at radius 1 is 1.20 bits per heavy atom. The smallest absolute Gasteiger partial charge is 0.396 e. The minimum atomic E-state index is -4.48.